The molecule has 1 N–H and O–H groups in total. The highest BCUT2D eigenvalue weighted by Crippen LogP contribution is 2.24. The summed E-state index contributed by atoms with van der Waals surface area (Å²) >= 11 is 0. The van der Waals surface area contributed by atoms with Gasteiger partial charge in [-0.2, -0.15) is 0 Å². The van der Waals surface area contributed by atoms with Crippen molar-refractivity contribution in [3.63, 3.8) is 0 Å². The molecule has 0 spiro atoms. The molecule has 0 saturated carbocycles. The van der Waals surface area contributed by atoms with Gasteiger partial charge in [-0.15, -0.1) is 0 Å². The monoisotopic (exact) mass is 459 g/mol. The van der Waals surface area contributed by atoms with Crippen LogP contribution in [-0.4, -0.2) is 58.1 Å². The summed E-state index contributed by atoms with van der Waals surface area (Å²) in [6.07, 6.45) is 0.710. The standard InChI is InChI=1S/C24H33N3O4S/c1-5-19(3)25-32(29,30)22-11-9-21(10-12-22)31-17-24(28)27-15-13-26(14-16-27)23-8-6-7-18(2)20(23)4/h6-12,19,25H,5,13-17H2,1-4H3/t19-/m1/s1. The van der Waals surface area contributed by atoms with Gasteiger partial charge >= 0.3 is 0 Å². The molecule has 1 saturated heterocycles. The molecule has 2 aromatic rings. The van der Waals surface area contributed by atoms with E-state index in [-0.39, 0.29) is 23.5 Å². The first-order chi connectivity index (χ1) is 15.2. The van der Waals surface area contributed by atoms with Crippen LogP contribution in [0.4, 0.5) is 5.69 Å². The lowest BCUT2D eigenvalue weighted by atomic mass is 10.1. The van der Waals surface area contributed by atoms with E-state index < -0.39 is 10.0 Å². The predicted octanol–water partition coefficient (Wildman–Crippen LogP) is 3.11. The van der Waals surface area contributed by atoms with Gasteiger partial charge < -0.3 is 14.5 Å². The second-order valence-electron chi connectivity index (χ2n) is 8.28. The first-order valence-corrected chi connectivity index (χ1v) is 12.5. The van der Waals surface area contributed by atoms with Crippen molar-refractivity contribution in [3.8, 4) is 5.75 Å². The molecule has 1 atom stereocenters. The molecule has 3 rings (SSSR count). The van der Waals surface area contributed by atoms with Crippen molar-refractivity contribution in [2.75, 3.05) is 37.7 Å². The van der Waals surface area contributed by atoms with Crippen LogP contribution in [0.1, 0.15) is 31.4 Å². The number of anilines is 1. The lowest BCUT2D eigenvalue weighted by Crippen LogP contribution is -2.50. The number of nitrogens with zero attached hydrogens (tertiary/aromatic N) is 2. The van der Waals surface area contributed by atoms with Gasteiger partial charge in [0, 0.05) is 37.9 Å². The molecule has 1 aliphatic heterocycles. The number of rotatable bonds is 8. The summed E-state index contributed by atoms with van der Waals surface area (Å²) in [7, 11) is -3.56. The van der Waals surface area contributed by atoms with E-state index >= 15 is 0 Å². The summed E-state index contributed by atoms with van der Waals surface area (Å²) in [5, 5.41) is 0. The van der Waals surface area contributed by atoms with Crippen LogP contribution in [0.15, 0.2) is 47.4 Å². The number of carbonyl (C=O) groups is 1. The maximum absolute atomic E-state index is 12.6. The molecule has 0 bridgehead atoms. The Hall–Kier alpha value is -2.58. The van der Waals surface area contributed by atoms with Crippen molar-refractivity contribution in [2.24, 2.45) is 0 Å². The van der Waals surface area contributed by atoms with Gasteiger partial charge in [-0.1, -0.05) is 19.1 Å². The van der Waals surface area contributed by atoms with E-state index in [1.54, 1.807) is 12.1 Å². The van der Waals surface area contributed by atoms with E-state index in [0.29, 0.717) is 25.3 Å². The number of aryl methyl sites for hydroxylation is 1. The van der Waals surface area contributed by atoms with E-state index in [9.17, 15) is 13.2 Å². The number of amides is 1. The third-order valence-corrected chi connectivity index (χ3v) is 7.62. The molecule has 1 aliphatic rings. The van der Waals surface area contributed by atoms with Gasteiger partial charge in [-0.3, -0.25) is 4.79 Å². The highest BCUT2D eigenvalue weighted by molar-refractivity contribution is 7.89. The Morgan fingerprint density at radius 2 is 1.72 bits per heavy atom. The number of sulfonamides is 1. The minimum Gasteiger partial charge on any atom is -0.484 e. The minimum atomic E-state index is -3.56. The molecular weight excluding hydrogens is 426 g/mol. The summed E-state index contributed by atoms with van der Waals surface area (Å²) in [6, 6.07) is 12.3. The Labute approximate surface area is 191 Å². The SMILES string of the molecule is CC[C@@H](C)NS(=O)(=O)c1ccc(OCC(=O)N2CCN(c3cccc(C)c3C)CC2)cc1. The Bertz CT molecular complexity index is 1030. The molecule has 174 valence electrons. The molecule has 7 nitrogen and oxygen atoms in total. The van der Waals surface area contributed by atoms with Gasteiger partial charge in [0.05, 0.1) is 4.90 Å². The van der Waals surface area contributed by atoms with Gasteiger partial charge in [0.15, 0.2) is 6.61 Å². The van der Waals surface area contributed by atoms with Gasteiger partial charge in [-0.05, 0) is 68.7 Å². The molecule has 1 amide bonds. The van der Waals surface area contributed by atoms with Crippen molar-refractivity contribution in [1.29, 1.82) is 0 Å². The second kappa shape index (κ2) is 10.4. The van der Waals surface area contributed by atoms with Crippen molar-refractivity contribution < 1.29 is 17.9 Å². The van der Waals surface area contributed by atoms with Crippen LogP contribution in [0.25, 0.3) is 0 Å². The lowest BCUT2D eigenvalue weighted by Gasteiger charge is -2.37. The van der Waals surface area contributed by atoms with Crippen LogP contribution in [0, 0.1) is 13.8 Å². The topological polar surface area (TPSA) is 78.9 Å². The average Bonchev–Trinajstić information content (AvgIpc) is 2.79. The number of benzene rings is 2. The summed E-state index contributed by atoms with van der Waals surface area (Å²) in [5.41, 5.74) is 3.77. The number of carbonyl (C=O) groups excluding carboxylic acids is 1. The minimum absolute atomic E-state index is 0.0688. The fourth-order valence-electron chi connectivity index (χ4n) is 3.64. The Morgan fingerprint density at radius 3 is 2.34 bits per heavy atom. The molecule has 1 heterocycles. The van der Waals surface area contributed by atoms with Crippen molar-refractivity contribution >= 4 is 21.6 Å². The molecule has 0 aliphatic carbocycles. The van der Waals surface area contributed by atoms with Gasteiger partial charge in [0.1, 0.15) is 5.75 Å². The lowest BCUT2D eigenvalue weighted by molar-refractivity contribution is -0.133. The fraction of sp³-hybridized carbons (Fsp3) is 0.458. The zero-order valence-electron chi connectivity index (χ0n) is 19.3. The van der Waals surface area contributed by atoms with Gasteiger partial charge in [0.2, 0.25) is 10.0 Å². The number of piperazine rings is 1. The quantitative estimate of drug-likeness (QED) is 0.656. The number of ether oxygens (including phenoxy) is 1. The number of hydrogen-bond donors (Lipinski definition) is 1. The predicted molar refractivity (Wildman–Crippen MR) is 127 cm³/mol. The molecule has 2 aromatic carbocycles. The first-order valence-electron chi connectivity index (χ1n) is 11.1. The third-order valence-electron chi connectivity index (χ3n) is 6.01. The Morgan fingerprint density at radius 1 is 1.06 bits per heavy atom. The maximum Gasteiger partial charge on any atom is 0.260 e. The van der Waals surface area contributed by atoms with Crippen LogP contribution < -0.4 is 14.4 Å². The molecule has 0 unspecified atom stereocenters. The zero-order chi connectivity index (χ0) is 23.3. The summed E-state index contributed by atoms with van der Waals surface area (Å²) in [5.74, 6) is 0.399. The third kappa shape index (κ3) is 5.81. The number of hydrogen-bond acceptors (Lipinski definition) is 5. The summed E-state index contributed by atoms with van der Waals surface area (Å²) in [6.45, 7) is 10.8. The molecule has 0 aromatic heterocycles. The van der Waals surface area contributed by atoms with Crippen molar-refractivity contribution in [2.45, 2.75) is 45.1 Å². The van der Waals surface area contributed by atoms with E-state index in [0.717, 1.165) is 13.1 Å². The largest absolute Gasteiger partial charge is 0.484 e. The van der Waals surface area contributed by atoms with E-state index in [1.165, 1.54) is 28.9 Å². The maximum atomic E-state index is 12.6. The van der Waals surface area contributed by atoms with Crippen molar-refractivity contribution in [1.82, 2.24) is 9.62 Å². The van der Waals surface area contributed by atoms with Crippen molar-refractivity contribution in [3.05, 3.63) is 53.6 Å². The summed E-state index contributed by atoms with van der Waals surface area (Å²) in [4.78, 5) is 16.9. The molecule has 8 heteroatoms. The van der Waals surface area contributed by atoms with Crippen LogP contribution in [0.2, 0.25) is 0 Å². The fourth-order valence-corrected chi connectivity index (χ4v) is 4.97. The average molecular weight is 460 g/mol. The first kappa shape index (κ1) is 24.1. The highest BCUT2D eigenvalue weighted by atomic mass is 32.2. The van der Waals surface area contributed by atoms with Gasteiger partial charge in [0.25, 0.3) is 5.91 Å². The smallest absolute Gasteiger partial charge is 0.260 e. The summed E-state index contributed by atoms with van der Waals surface area (Å²) < 4.78 is 32.9. The Kier molecular flexibility index (Phi) is 7.79. The molecular formula is C24H33N3O4S. The molecule has 32 heavy (non-hydrogen) atoms. The second-order valence-corrected chi connectivity index (χ2v) is 9.99. The molecule has 1 fully saturated rings. The van der Waals surface area contributed by atoms with E-state index in [2.05, 4.69) is 41.7 Å². The van der Waals surface area contributed by atoms with E-state index in [4.69, 9.17) is 4.74 Å². The Balaban J connectivity index is 1.50. The van der Waals surface area contributed by atoms with Crippen LogP contribution in [0.5, 0.6) is 5.75 Å². The normalized spacial score (nSPS) is 15.5. The number of nitrogens with one attached hydrogen (secondary N) is 1. The highest BCUT2D eigenvalue weighted by Gasteiger charge is 2.23. The van der Waals surface area contributed by atoms with Gasteiger partial charge in [-0.25, -0.2) is 13.1 Å². The van der Waals surface area contributed by atoms with Crippen LogP contribution >= 0.6 is 0 Å². The van der Waals surface area contributed by atoms with Crippen LogP contribution in [0.3, 0.4) is 0 Å². The van der Waals surface area contributed by atoms with Crippen LogP contribution in [-0.2, 0) is 14.8 Å². The van der Waals surface area contributed by atoms with E-state index in [1.807, 2.05) is 18.7 Å². The zero-order valence-corrected chi connectivity index (χ0v) is 20.1. The molecule has 0 radical (unpaired) electrons.